The molecule has 0 heterocycles. The molecule has 0 bridgehead atoms. The van der Waals surface area contributed by atoms with E-state index in [2.05, 4.69) is 5.43 Å². The van der Waals surface area contributed by atoms with Crippen LogP contribution >= 0.6 is 0 Å². The molecule has 3 N–H and O–H groups in total. The van der Waals surface area contributed by atoms with Crippen LogP contribution in [0.3, 0.4) is 0 Å². The van der Waals surface area contributed by atoms with Gasteiger partial charge >= 0.3 is 0 Å². The van der Waals surface area contributed by atoms with E-state index in [1.807, 2.05) is 13.0 Å². The van der Waals surface area contributed by atoms with Crippen molar-refractivity contribution >= 4 is 0 Å². The summed E-state index contributed by atoms with van der Waals surface area (Å²) in [5, 5.41) is 0. The SMILES string of the molecule is CCOC1(C(NN)c2ccccc2F)CCCC1. The maximum Gasteiger partial charge on any atom is 0.128 e. The number of hydrogen-bond acceptors (Lipinski definition) is 3. The van der Waals surface area contributed by atoms with E-state index >= 15 is 0 Å². The van der Waals surface area contributed by atoms with Crippen LogP contribution in [0, 0.1) is 5.82 Å². The Balaban J connectivity index is 2.34. The Kier molecular flexibility index (Phi) is 4.32. The monoisotopic (exact) mass is 252 g/mol. The highest BCUT2D eigenvalue weighted by molar-refractivity contribution is 5.25. The molecule has 100 valence electrons. The van der Waals surface area contributed by atoms with Crippen LogP contribution in [0.2, 0.25) is 0 Å². The number of benzene rings is 1. The van der Waals surface area contributed by atoms with E-state index < -0.39 is 0 Å². The van der Waals surface area contributed by atoms with E-state index in [1.54, 1.807) is 12.1 Å². The van der Waals surface area contributed by atoms with Gasteiger partial charge in [-0.2, -0.15) is 0 Å². The quantitative estimate of drug-likeness (QED) is 0.625. The molecule has 0 amide bonds. The topological polar surface area (TPSA) is 47.3 Å². The minimum atomic E-state index is -0.369. The first-order chi connectivity index (χ1) is 8.73. The molecule has 0 spiro atoms. The Morgan fingerprint density at radius 3 is 2.61 bits per heavy atom. The highest BCUT2D eigenvalue weighted by atomic mass is 19.1. The highest BCUT2D eigenvalue weighted by Gasteiger charge is 2.43. The summed E-state index contributed by atoms with van der Waals surface area (Å²) in [6.45, 7) is 2.58. The summed E-state index contributed by atoms with van der Waals surface area (Å²) < 4.78 is 19.9. The lowest BCUT2D eigenvalue weighted by Gasteiger charge is -2.37. The number of nitrogens with two attached hydrogens (primary N) is 1. The van der Waals surface area contributed by atoms with Crippen molar-refractivity contribution in [2.24, 2.45) is 5.84 Å². The molecule has 0 aliphatic heterocycles. The minimum Gasteiger partial charge on any atom is -0.373 e. The zero-order valence-corrected chi connectivity index (χ0v) is 10.8. The van der Waals surface area contributed by atoms with Crippen LogP contribution in [-0.4, -0.2) is 12.2 Å². The highest BCUT2D eigenvalue weighted by Crippen LogP contribution is 2.43. The van der Waals surface area contributed by atoms with Gasteiger partial charge in [0.15, 0.2) is 0 Å². The van der Waals surface area contributed by atoms with Crippen molar-refractivity contribution in [1.82, 2.24) is 5.43 Å². The number of hydrogen-bond donors (Lipinski definition) is 2. The largest absolute Gasteiger partial charge is 0.373 e. The molecule has 1 aliphatic rings. The van der Waals surface area contributed by atoms with Crippen molar-refractivity contribution in [3.05, 3.63) is 35.6 Å². The van der Waals surface area contributed by atoms with Gasteiger partial charge in [0.2, 0.25) is 0 Å². The van der Waals surface area contributed by atoms with Crippen molar-refractivity contribution in [2.75, 3.05) is 6.61 Å². The van der Waals surface area contributed by atoms with Crippen LogP contribution < -0.4 is 11.3 Å². The third-order valence-corrected chi connectivity index (χ3v) is 3.79. The first kappa shape index (κ1) is 13.5. The molecule has 1 atom stereocenters. The fourth-order valence-corrected chi connectivity index (χ4v) is 3.01. The first-order valence-electron chi connectivity index (χ1n) is 6.58. The minimum absolute atomic E-state index is 0.230. The molecule has 1 aromatic carbocycles. The summed E-state index contributed by atoms with van der Waals surface area (Å²) in [7, 11) is 0. The molecular formula is C14H21FN2O. The fraction of sp³-hybridized carbons (Fsp3) is 0.571. The average molecular weight is 252 g/mol. The Morgan fingerprint density at radius 2 is 2.06 bits per heavy atom. The predicted molar refractivity (Wildman–Crippen MR) is 69.3 cm³/mol. The van der Waals surface area contributed by atoms with E-state index in [9.17, 15) is 4.39 Å². The zero-order valence-electron chi connectivity index (χ0n) is 10.8. The lowest BCUT2D eigenvalue weighted by molar-refractivity contribution is -0.0634. The molecule has 4 heteroatoms. The smallest absolute Gasteiger partial charge is 0.128 e. The van der Waals surface area contributed by atoms with Gasteiger partial charge in [0.1, 0.15) is 5.82 Å². The van der Waals surface area contributed by atoms with Crippen LogP contribution in [0.15, 0.2) is 24.3 Å². The molecule has 3 nitrogen and oxygen atoms in total. The van der Waals surface area contributed by atoms with Crippen LogP contribution in [-0.2, 0) is 4.74 Å². The normalized spacial score (nSPS) is 19.9. The number of ether oxygens (including phenoxy) is 1. The zero-order chi connectivity index (χ0) is 13.0. The van der Waals surface area contributed by atoms with Crippen LogP contribution in [0.5, 0.6) is 0 Å². The molecule has 1 unspecified atom stereocenters. The van der Waals surface area contributed by atoms with E-state index in [0.29, 0.717) is 12.2 Å². The summed E-state index contributed by atoms with van der Waals surface area (Å²) in [6, 6.07) is 6.47. The molecule has 2 rings (SSSR count). The van der Waals surface area contributed by atoms with Crippen LogP contribution in [0.25, 0.3) is 0 Å². The summed E-state index contributed by atoms with van der Waals surface area (Å²) in [6.07, 6.45) is 4.05. The van der Waals surface area contributed by atoms with E-state index in [1.165, 1.54) is 6.07 Å². The van der Waals surface area contributed by atoms with Crippen molar-refractivity contribution in [3.63, 3.8) is 0 Å². The average Bonchev–Trinajstić information content (AvgIpc) is 2.82. The van der Waals surface area contributed by atoms with Crippen molar-refractivity contribution < 1.29 is 9.13 Å². The number of halogens is 1. The van der Waals surface area contributed by atoms with Crippen LogP contribution in [0.4, 0.5) is 4.39 Å². The van der Waals surface area contributed by atoms with E-state index in [4.69, 9.17) is 10.6 Å². The fourth-order valence-electron chi connectivity index (χ4n) is 3.01. The number of nitrogens with one attached hydrogen (secondary N) is 1. The summed E-state index contributed by atoms with van der Waals surface area (Å²) in [4.78, 5) is 0. The molecule has 1 saturated carbocycles. The second kappa shape index (κ2) is 5.78. The molecule has 18 heavy (non-hydrogen) atoms. The van der Waals surface area contributed by atoms with Gasteiger partial charge in [-0.3, -0.25) is 5.84 Å². The molecule has 1 fully saturated rings. The number of hydrazine groups is 1. The molecular weight excluding hydrogens is 231 g/mol. The van der Waals surface area contributed by atoms with Crippen molar-refractivity contribution in [3.8, 4) is 0 Å². The standard InChI is InChI=1S/C14H21FN2O/c1-2-18-14(9-5-6-10-14)13(17-16)11-7-3-4-8-12(11)15/h3-4,7-8,13,17H,2,5-6,9-10,16H2,1H3. The van der Waals surface area contributed by atoms with Gasteiger partial charge in [-0.05, 0) is 25.8 Å². The predicted octanol–water partition coefficient (Wildman–Crippen LogP) is 2.68. The molecule has 0 radical (unpaired) electrons. The van der Waals surface area contributed by atoms with E-state index in [0.717, 1.165) is 25.7 Å². The molecule has 0 aromatic heterocycles. The second-order valence-electron chi connectivity index (χ2n) is 4.83. The lowest BCUT2D eigenvalue weighted by atomic mass is 9.87. The van der Waals surface area contributed by atoms with Crippen molar-refractivity contribution in [1.29, 1.82) is 0 Å². The Bertz CT molecular complexity index is 391. The van der Waals surface area contributed by atoms with Gasteiger partial charge < -0.3 is 4.74 Å². The number of rotatable bonds is 5. The van der Waals surface area contributed by atoms with Gasteiger partial charge in [0.05, 0.1) is 11.6 Å². The van der Waals surface area contributed by atoms with Crippen molar-refractivity contribution in [2.45, 2.75) is 44.2 Å². The molecule has 1 aromatic rings. The van der Waals surface area contributed by atoms with Gasteiger partial charge in [0.25, 0.3) is 0 Å². The second-order valence-corrected chi connectivity index (χ2v) is 4.83. The Labute approximate surface area is 107 Å². The summed E-state index contributed by atoms with van der Waals surface area (Å²) >= 11 is 0. The van der Waals surface area contributed by atoms with Gasteiger partial charge in [-0.25, -0.2) is 9.82 Å². The van der Waals surface area contributed by atoms with Crippen LogP contribution in [0.1, 0.15) is 44.2 Å². The lowest BCUT2D eigenvalue weighted by Crippen LogP contribution is -2.47. The van der Waals surface area contributed by atoms with Gasteiger partial charge in [-0.15, -0.1) is 0 Å². The third-order valence-electron chi connectivity index (χ3n) is 3.79. The first-order valence-corrected chi connectivity index (χ1v) is 6.58. The Morgan fingerprint density at radius 1 is 1.39 bits per heavy atom. The maximum absolute atomic E-state index is 13.9. The maximum atomic E-state index is 13.9. The molecule has 1 aliphatic carbocycles. The summed E-state index contributed by atoms with van der Waals surface area (Å²) in [5.74, 6) is 5.44. The summed E-state index contributed by atoms with van der Waals surface area (Å²) in [5.41, 5.74) is 2.99. The van der Waals surface area contributed by atoms with Gasteiger partial charge in [0, 0.05) is 12.2 Å². The Hall–Kier alpha value is -0.970. The van der Waals surface area contributed by atoms with E-state index in [-0.39, 0.29) is 17.5 Å². The van der Waals surface area contributed by atoms with Gasteiger partial charge in [-0.1, -0.05) is 31.0 Å². The third kappa shape index (κ3) is 2.41. The molecule has 0 saturated heterocycles.